The number of hydrogen-bond acceptors (Lipinski definition) is 0. The zero-order chi connectivity index (χ0) is 12.0. The number of alkyl halides is 1. The van der Waals surface area contributed by atoms with Gasteiger partial charge in [-0.25, -0.2) is 8.78 Å². The van der Waals surface area contributed by atoms with Crippen LogP contribution in [0.3, 0.4) is 0 Å². The molecule has 1 unspecified atom stereocenters. The minimum absolute atomic E-state index is 0.175. The van der Waals surface area contributed by atoms with Crippen LogP contribution in [0.15, 0.2) is 18.2 Å². The summed E-state index contributed by atoms with van der Waals surface area (Å²) in [6, 6.07) is 3.73. The molecule has 0 aliphatic rings. The molecule has 16 heavy (non-hydrogen) atoms. The molecule has 0 aromatic heterocycles. The lowest BCUT2D eigenvalue weighted by Gasteiger charge is -2.08. The molecule has 0 aliphatic carbocycles. The molecular weight excluding hydrogens is 230 g/mol. The minimum atomic E-state index is -0.526. The molecule has 0 N–H and O–H groups in total. The van der Waals surface area contributed by atoms with Gasteiger partial charge in [-0.05, 0) is 37.3 Å². The third kappa shape index (κ3) is 4.48. The molecule has 3 heteroatoms. The Labute approximate surface area is 101 Å². The van der Waals surface area contributed by atoms with E-state index in [0.29, 0.717) is 12.0 Å². The van der Waals surface area contributed by atoms with Crippen LogP contribution in [-0.4, -0.2) is 5.38 Å². The first kappa shape index (κ1) is 13.4. The van der Waals surface area contributed by atoms with Crippen LogP contribution in [0.1, 0.15) is 38.2 Å². The molecule has 0 fully saturated rings. The fourth-order valence-corrected chi connectivity index (χ4v) is 2.07. The van der Waals surface area contributed by atoms with Gasteiger partial charge in [0.05, 0.1) is 0 Å². The molecule has 1 aromatic carbocycles. The molecule has 0 amide bonds. The monoisotopic (exact) mass is 246 g/mol. The lowest BCUT2D eigenvalue weighted by atomic mass is 10.0. The van der Waals surface area contributed by atoms with Crippen LogP contribution in [0.4, 0.5) is 8.78 Å². The lowest BCUT2D eigenvalue weighted by Crippen LogP contribution is -2.00. The molecule has 1 rings (SSSR count). The lowest BCUT2D eigenvalue weighted by molar-refractivity contribution is 0.563. The van der Waals surface area contributed by atoms with Gasteiger partial charge in [0.1, 0.15) is 11.6 Å². The molecule has 0 saturated heterocycles. The molecular formula is C13H17ClF2. The van der Waals surface area contributed by atoms with Gasteiger partial charge in [0.25, 0.3) is 0 Å². The van der Waals surface area contributed by atoms with Crippen molar-refractivity contribution in [2.24, 2.45) is 0 Å². The van der Waals surface area contributed by atoms with Crippen molar-refractivity contribution in [2.45, 2.75) is 44.4 Å². The fourth-order valence-electron chi connectivity index (χ4n) is 1.70. The van der Waals surface area contributed by atoms with Crippen LogP contribution in [0.2, 0.25) is 0 Å². The van der Waals surface area contributed by atoms with Gasteiger partial charge in [0.2, 0.25) is 0 Å². The number of halogens is 3. The van der Waals surface area contributed by atoms with Crippen molar-refractivity contribution in [3.05, 3.63) is 35.4 Å². The smallest absolute Gasteiger partial charge is 0.129 e. The Morgan fingerprint density at radius 3 is 2.62 bits per heavy atom. The second-order valence-corrected chi connectivity index (χ2v) is 4.63. The Hall–Kier alpha value is -0.630. The average Bonchev–Trinajstić information content (AvgIpc) is 2.22. The Morgan fingerprint density at radius 1 is 1.25 bits per heavy atom. The summed E-state index contributed by atoms with van der Waals surface area (Å²) >= 11 is 6.06. The van der Waals surface area contributed by atoms with Gasteiger partial charge in [0, 0.05) is 11.4 Å². The maximum atomic E-state index is 13.2. The first-order chi connectivity index (χ1) is 7.63. The summed E-state index contributed by atoms with van der Waals surface area (Å²) < 4.78 is 25.9. The predicted octanol–water partition coefficient (Wildman–Crippen LogP) is 4.70. The van der Waals surface area contributed by atoms with E-state index in [2.05, 4.69) is 6.92 Å². The van der Waals surface area contributed by atoms with E-state index < -0.39 is 11.6 Å². The quantitative estimate of drug-likeness (QED) is 0.639. The summed E-state index contributed by atoms with van der Waals surface area (Å²) in [4.78, 5) is 0. The summed E-state index contributed by atoms with van der Waals surface area (Å²) in [5.74, 6) is -0.982. The van der Waals surface area contributed by atoms with Gasteiger partial charge >= 0.3 is 0 Å². The van der Waals surface area contributed by atoms with E-state index >= 15 is 0 Å². The number of rotatable bonds is 6. The molecule has 0 aliphatic heterocycles. The molecule has 0 nitrogen and oxygen atoms in total. The van der Waals surface area contributed by atoms with Crippen molar-refractivity contribution in [1.82, 2.24) is 0 Å². The van der Waals surface area contributed by atoms with Crippen LogP contribution >= 0.6 is 11.6 Å². The Bertz CT molecular complexity index is 326. The molecule has 0 bridgehead atoms. The Kier molecular flexibility index (Phi) is 5.75. The number of aryl methyl sites for hydroxylation is 1. The van der Waals surface area contributed by atoms with Crippen LogP contribution in [0, 0.1) is 11.6 Å². The number of hydrogen-bond donors (Lipinski definition) is 0. The predicted molar refractivity (Wildman–Crippen MR) is 63.8 cm³/mol. The van der Waals surface area contributed by atoms with Crippen molar-refractivity contribution in [3.8, 4) is 0 Å². The zero-order valence-electron chi connectivity index (χ0n) is 9.48. The van der Waals surface area contributed by atoms with Crippen molar-refractivity contribution < 1.29 is 8.78 Å². The summed E-state index contributed by atoms with van der Waals surface area (Å²) in [6.45, 7) is 2.09. The van der Waals surface area contributed by atoms with Crippen LogP contribution in [0.25, 0.3) is 0 Å². The largest absolute Gasteiger partial charge is 0.207 e. The van der Waals surface area contributed by atoms with Gasteiger partial charge in [-0.3, -0.25) is 0 Å². The molecule has 0 radical (unpaired) electrons. The van der Waals surface area contributed by atoms with Crippen LogP contribution in [-0.2, 0) is 6.42 Å². The minimum Gasteiger partial charge on any atom is -0.207 e. The molecule has 90 valence electrons. The highest BCUT2D eigenvalue weighted by Crippen LogP contribution is 2.16. The van der Waals surface area contributed by atoms with Crippen LogP contribution < -0.4 is 0 Å². The molecule has 1 atom stereocenters. The van der Waals surface area contributed by atoms with Gasteiger partial charge in [-0.15, -0.1) is 11.6 Å². The van der Waals surface area contributed by atoms with Gasteiger partial charge in [0.15, 0.2) is 0 Å². The summed E-state index contributed by atoms with van der Waals surface area (Å²) in [5.41, 5.74) is 0.571. The summed E-state index contributed by atoms with van der Waals surface area (Å²) in [5, 5.41) is 0.175. The van der Waals surface area contributed by atoms with Gasteiger partial charge < -0.3 is 0 Å². The average molecular weight is 247 g/mol. The Morgan fingerprint density at radius 2 is 2.00 bits per heavy atom. The third-order valence-corrected chi connectivity index (χ3v) is 3.02. The van der Waals surface area contributed by atoms with Crippen molar-refractivity contribution in [1.29, 1.82) is 0 Å². The molecule has 0 saturated carbocycles. The normalized spacial score (nSPS) is 12.8. The fraction of sp³-hybridized carbons (Fsp3) is 0.538. The standard InChI is InChI=1S/C13H17ClF2/c1-2-4-11(14)6-3-5-10-7-8-12(15)9-13(10)16/h7-9,11H,2-6H2,1H3. The van der Waals surface area contributed by atoms with Crippen molar-refractivity contribution in [3.63, 3.8) is 0 Å². The SMILES string of the molecule is CCCC(Cl)CCCc1ccc(F)cc1F. The van der Waals surface area contributed by atoms with E-state index in [1.807, 2.05) is 0 Å². The first-order valence-electron chi connectivity index (χ1n) is 5.71. The van der Waals surface area contributed by atoms with Crippen molar-refractivity contribution >= 4 is 11.6 Å². The summed E-state index contributed by atoms with van der Waals surface area (Å²) in [7, 11) is 0. The second-order valence-electron chi connectivity index (χ2n) is 4.01. The highest BCUT2D eigenvalue weighted by molar-refractivity contribution is 6.20. The van der Waals surface area contributed by atoms with E-state index in [9.17, 15) is 8.78 Å². The van der Waals surface area contributed by atoms with Crippen LogP contribution in [0.5, 0.6) is 0 Å². The van der Waals surface area contributed by atoms with Crippen molar-refractivity contribution in [2.75, 3.05) is 0 Å². The Balaban J connectivity index is 2.37. The molecule has 1 aromatic rings. The third-order valence-electron chi connectivity index (χ3n) is 2.58. The second kappa shape index (κ2) is 6.85. The maximum absolute atomic E-state index is 13.2. The first-order valence-corrected chi connectivity index (χ1v) is 6.15. The van der Waals surface area contributed by atoms with Gasteiger partial charge in [-0.2, -0.15) is 0 Å². The summed E-state index contributed by atoms with van der Waals surface area (Å²) in [6.07, 6.45) is 4.41. The van der Waals surface area contributed by atoms with E-state index in [0.717, 1.165) is 31.7 Å². The van der Waals surface area contributed by atoms with E-state index in [1.54, 1.807) is 0 Å². The zero-order valence-corrected chi connectivity index (χ0v) is 10.2. The highest BCUT2D eigenvalue weighted by atomic mass is 35.5. The molecule has 0 heterocycles. The maximum Gasteiger partial charge on any atom is 0.129 e. The highest BCUT2D eigenvalue weighted by Gasteiger charge is 2.06. The van der Waals surface area contributed by atoms with E-state index in [1.165, 1.54) is 12.1 Å². The van der Waals surface area contributed by atoms with E-state index in [-0.39, 0.29) is 5.38 Å². The molecule has 0 spiro atoms. The van der Waals surface area contributed by atoms with Gasteiger partial charge in [-0.1, -0.05) is 19.4 Å². The topological polar surface area (TPSA) is 0 Å². The van der Waals surface area contributed by atoms with E-state index in [4.69, 9.17) is 11.6 Å². The number of benzene rings is 1.